The van der Waals surface area contributed by atoms with E-state index in [-0.39, 0.29) is 41.0 Å². The van der Waals surface area contributed by atoms with Gasteiger partial charge in [-0.15, -0.1) is 0 Å². The van der Waals surface area contributed by atoms with Crippen molar-refractivity contribution in [3.8, 4) is 11.5 Å². The molecule has 4 rings (SSSR count). The smallest absolute Gasteiger partial charge is 0.410 e. The number of ether oxygens (including phenoxy) is 1. The van der Waals surface area contributed by atoms with Gasteiger partial charge in [-0.05, 0) is 74.4 Å². The van der Waals surface area contributed by atoms with E-state index in [1.807, 2.05) is 46.8 Å². The summed E-state index contributed by atoms with van der Waals surface area (Å²) in [4.78, 5) is 29.0. The van der Waals surface area contributed by atoms with Crippen molar-refractivity contribution < 1.29 is 24.5 Å². The van der Waals surface area contributed by atoms with Crippen LogP contribution in [0.2, 0.25) is 0 Å². The number of hydrogen-bond acceptors (Lipinski definition) is 6. The predicted molar refractivity (Wildman–Crippen MR) is 138 cm³/mol. The lowest BCUT2D eigenvalue weighted by molar-refractivity contribution is 0.0210. The quantitative estimate of drug-likeness (QED) is 0.540. The Kier molecular flexibility index (Phi) is 7.07. The maximum atomic E-state index is 13.2. The van der Waals surface area contributed by atoms with E-state index in [0.29, 0.717) is 31.7 Å². The first kappa shape index (κ1) is 25.7. The zero-order chi connectivity index (χ0) is 26.2. The molecule has 2 aromatic rings. The highest BCUT2D eigenvalue weighted by Gasteiger charge is 2.29. The highest BCUT2D eigenvalue weighted by Crippen LogP contribution is 2.35. The van der Waals surface area contributed by atoms with Crippen molar-refractivity contribution >= 4 is 17.7 Å². The molecule has 1 fully saturated rings. The van der Waals surface area contributed by atoms with Gasteiger partial charge in [0.05, 0.1) is 5.56 Å². The average molecular weight is 496 g/mol. The number of likely N-dealkylation sites (tertiary alicyclic amines) is 1. The molecule has 0 spiro atoms. The van der Waals surface area contributed by atoms with Gasteiger partial charge in [-0.1, -0.05) is 19.9 Å². The molecule has 2 amide bonds. The summed E-state index contributed by atoms with van der Waals surface area (Å²) in [5.74, 6) is -0.443. The lowest BCUT2D eigenvalue weighted by Crippen LogP contribution is -2.44. The summed E-state index contributed by atoms with van der Waals surface area (Å²) in [6.07, 6.45) is 1.40. The molecule has 0 radical (unpaired) electrons. The molecule has 0 saturated carbocycles. The Balaban J connectivity index is 1.37. The number of nitrogens with one attached hydrogen (secondary N) is 1. The van der Waals surface area contributed by atoms with Crippen molar-refractivity contribution in [2.75, 3.05) is 18.4 Å². The van der Waals surface area contributed by atoms with Crippen LogP contribution in [0.15, 0.2) is 30.3 Å². The number of nitrogens with zero attached hydrogens (tertiary/aromatic N) is 2. The molecule has 2 aromatic carbocycles. The van der Waals surface area contributed by atoms with Gasteiger partial charge < -0.3 is 30.1 Å². The van der Waals surface area contributed by atoms with E-state index in [2.05, 4.69) is 11.4 Å². The topological polar surface area (TPSA) is 102 Å². The molecule has 0 bridgehead atoms. The number of phenolic OH excluding ortho intramolecular Hbond substituents is 2. The van der Waals surface area contributed by atoms with Crippen LogP contribution in [0.1, 0.15) is 80.4 Å². The van der Waals surface area contributed by atoms with Crippen LogP contribution >= 0.6 is 0 Å². The fourth-order valence-electron chi connectivity index (χ4n) is 4.79. The van der Waals surface area contributed by atoms with Crippen LogP contribution in [0.5, 0.6) is 11.5 Å². The minimum Gasteiger partial charge on any atom is -0.508 e. The Bertz CT molecular complexity index is 1150. The summed E-state index contributed by atoms with van der Waals surface area (Å²) >= 11 is 0. The van der Waals surface area contributed by atoms with E-state index < -0.39 is 5.60 Å². The van der Waals surface area contributed by atoms with E-state index in [4.69, 9.17) is 4.74 Å². The molecule has 3 N–H and O–H groups in total. The summed E-state index contributed by atoms with van der Waals surface area (Å²) in [6, 6.07) is 9.25. The van der Waals surface area contributed by atoms with Crippen LogP contribution in [0.4, 0.5) is 10.5 Å². The van der Waals surface area contributed by atoms with Gasteiger partial charge in [-0.2, -0.15) is 0 Å². The highest BCUT2D eigenvalue weighted by atomic mass is 16.6. The number of hydrogen-bond donors (Lipinski definition) is 3. The Labute approximate surface area is 212 Å². The number of benzene rings is 2. The molecule has 2 aliphatic heterocycles. The van der Waals surface area contributed by atoms with Crippen LogP contribution in [0, 0.1) is 0 Å². The summed E-state index contributed by atoms with van der Waals surface area (Å²) in [5, 5.41) is 24.0. The minimum absolute atomic E-state index is 0.00333. The molecule has 0 aromatic heterocycles. The molecule has 2 aliphatic rings. The third-order valence-corrected chi connectivity index (χ3v) is 6.73. The summed E-state index contributed by atoms with van der Waals surface area (Å²) in [6.45, 7) is 11.7. The third kappa shape index (κ3) is 5.69. The van der Waals surface area contributed by atoms with Gasteiger partial charge in [0.25, 0.3) is 5.91 Å². The normalized spacial score (nSPS) is 16.3. The average Bonchev–Trinajstić information content (AvgIpc) is 3.21. The molecule has 0 unspecified atom stereocenters. The van der Waals surface area contributed by atoms with Crippen molar-refractivity contribution in [2.24, 2.45) is 0 Å². The molecule has 2 heterocycles. The van der Waals surface area contributed by atoms with E-state index >= 15 is 0 Å². The molecule has 194 valence electrons. The Morgan fingerprint density at radius 1 is 0.972 bits per heavy atom. The van der Waals surface area contributed by atoms with E-state index in [9.17, 15) is 19.8 Å². The van der Waals surface area contributed by atoms with E-state index in [1.54, 1.807) is 15.9 Å². The second kappa shape index (κ2) is 9.91. The van der Waals surface area contributed by atoms with Gasteiger partial charge in [0.1, 0.15) is 17.1 Å². The SMILES string of the molecule is CC(C)c1cc(C(=O)N2Cc3ccc(NC4CCN(C(=O)OC(C)(C)C)CC4)cc3C2)c(O)cc1O. The number of fused-ring (bicyclic) bond motifs is 1. The lowest BCUT2D eigenvalue weighted by atomic mass is 9.98. The van der Waals surface area contributed by atoms with Gasteiger partial charge in [0.15, 0.2) is 0 Å². The van der Waals surface area contributed by atoms with Crippen LogP contribution < -0.4 is 5.32 Å². The first-order valence-corrected chi connectivity index (χ1v) is 12.6. The van der Waals surface area contributed by atoms with Gasteiger partial charge >= 0.3 is 6.09 Å². The van der Waals surface area contributed by atoms with Crippen molar-refractivity contribution in [1.29, 1.82) is 0 Å². The van der Waals surface area contributed by atoms with Crippen LogP contribution in [0.3, 0.4) is 0 Å². The molecular weight excluding hydrogens is 458 g/mol. The van der Waals surface area contributed by atoms with Crippen molar-refractivity contribution in [2.45, 2.75) is 78.1 Å². The number of aromatic hydroxyl groups is 2. The fraction of sp³-hybridized carbons (Fsp3) is 0.500. The Morgan fingerprint density at radius 2 is 1.64 bits per heavy atom. The zero-order valence-corrected chi connectivity index (χ0v) is 21.8. The van der Waals surface area contributed by atoms with E-state index in [1.165, 1.54) is 6.07 Å². The second-order valence-corrected chi connectivity index (χ2v) is 11.1. The number of phenols is 2. The minimum atomic E-state index is -0.496. The van der Waals surface area contributed by atoms with Crippen LogP contribution in [-0.4, -0.2) is 56.7 Å². The first-order chi connectivity index (χ1) is 16.9. The molecule has 36 heavy (non-hydrogen) atoms. The van der Waals surface area contributed by atoms with Crippen molar-refractivity contribution in [3.63, 3.8) is 0 Å². The predicted octanol–water partition coefficient (Wildman–Crippen LogP) is 5.19. The number of amides is 2. The zero-order valence-electron chi connectivity index (χ0n) is 21.8. The number of piperidine rings is 1. The number of carbonyl (C=O) groups is 2. The standard InChI is InChI=1S/C28H37N3O5/c1-17(2)22-13-23(25(33)14-24(22)32)26(34)31-15-18-6-7-21(12-19(18)16-31)29-20-8-10-30(11-9-20)27(35)36-28(3,4)5/h6-7,12-14,17,20,29,32-33H,8-11,15-16H2,1-5H3. The molecule has 1 saturated heterocycles. The van der Waals surface area contributed by atoms with Gasteiger partial charge in [-0.3, -0.25) is 4.79 Å². The third-order valence-electron chi connectivity index (χ3n) is 6.73. The largest absolute Gasteiger partial charge is 0.508 e. The Morgan fingerprint density at radius 3 is 2.28 bits per heavy atom. The second-order valence-electron chi connectivity index (χ2n) is 11.1. The monoisotopic (exact) mass is 495 g/mol. The summed E-state index contributed by atoms with van der Waals surface area (Å²) < 4.78 is 5.48. The van der Waals surface area contributed by atoms with Gasteiger partial charge in [0, 0.05) is 44.0 Å². The van der Waals surface area contributed by atoms with Gasteiger partial charge in [0.2, 0.25) is 0 Å². The van der Waals surface area contributed by atoms with Crippen molar-refractivity contribution in [1.82, 2.24) is 9.80 Å². The maximum Gasteiger partial charge on any atom is 0.410 e. The molecule has 0 atom stereocenters. The molecule has 8 nitrogen and oxygen atoms in total. The highest BCUT2D eigenvalue weighted by molar-refractivity contribution is 5.97. The van der Waals surface area contributed by atoms with Gasteiger partial charge in [-0.25, -0.2) is 4.79 Å². The Hall–Kier alpha value is -3.42. The van der Waals surface area contributed by atoms with Crippen LogP contribution in [-0.2, 0) is 17.8 Å². The lowest BCUT2D eigenvalue weighted by Gasteiger charge is -2.34. The summed E-state index contributed by atoms with van der Waals surface area (Å²) in [7, 11) is 0. The molecule has 0 aliphatic carbocycles. The maximum absolute atomic E-state index is 13.2. The van der Waals surface area contributed by atoms with Crippen LogP contribution in [0.25, 0.3) is 0 Å². The van der Waals surface area contributed by atoms with E-state index in [0.717, 1.165) is 29.7 Å². The summed E-state index contributed by atoms with van der Waals surface area (Å²) in [5.41, 5.74) is 3.49. The number of anilines is 1. The first-order valence-electron chi connectivity index (χ1n) is 12.6. The fourth-order valence-corrected chi connectivity index (χ4v) is 4.79. The molecular formula is C28H37N3O5. The number of carbonyl (C=O) groups excluding carboxylic acids is 2. The van der Waals surface area contributed by atoms with Crippen molar-refractivity contribution in [3.05, 3.63) is 52.6 Å². The molecule has 8 heteroatoms. The number of rotatable bonds is 4.